The van der Waals surface area contributed by atoms with E-state index in [2.05, 4.69) is 12.2 Å². The fraction of sp³-hybridized carbons (Fsp3) is 0.182. The number of amides is 1. The molecular formula is C22H20N2O5S. The van der Waals surface area contributed by atoms with Crippen molar-refractivity contribution in [2.75, 3.05) is 12.4 Å². The van der Waals surface area contributed by atoms with Crippen molar-refractivity contribution in [2.45, 2.75) is 20.3 Å². The Bertz CT molecular complexity index is 1120. The van der Waals surface area contributed by atoms with Gasteiger partial charge in [-0.3, -0.25) is 14.9 Å². The summed E-state index contributed by atoms with van der Waals surface area (Å²) in [5.41, 5.74) is 3.55. The highest BCUT2D eigenvalue weighted by molar-refractivity contribution is 7.15. The van der Waals surface area contributed by atoms with Crippen molar-refractivity contribution in [3.63, 3.8) is 0 Å². The SMILES string of the molecule is CCc1ccc(-c2csc(NC(=O)c3ccc([N+](=O)[O-])c(C)c3)c2C(=O)OC)cc1. The lowest BCUT2D eigenvalue weighted by atomic mass is 10.0. The number of aryl methyl sites for hydroxylation is 2. The van der Waals surface area contributed by atoms with Crippen LogP contribution in [0.3, 0.4) is 0 Å². The molecule has 0 fully saturated rings. The topological polar surface area (TPSA) is 98.5 Å². The summed E-state index contributed by atoms with van der Waals surface area (Å²) in [5.74, 6) is -1.02. The molecule has 0 aliphatic heterocycles. The first kappa shape index (κ1) is 21.2. The molecule has 1 heterocycles. The number of benzene rings is 2. The van der Waals surface area contributed by atoms with E-state index in [-0.39, 0.29) is 16.8 Å². The molecule has 0 bridgehead atoms. The predicted octanol–water partition coefficient (Wildman–Crippen LogP) is 5.23. The van der Waals surface area contributed by atoms with Crippen molar-refractivity contribution in [1.82, 2.24) is 0 Å². The van der Waals surface area contributed by atoms with Gasteiger partial charge in [-0.2, -0.15) is 0 Å². The van der Waals surface area contributed by atoms with Gasteiger partial charge >= 0.3 is 5.97 Å². The number of anilines is 1. The predicted molar refractivity (Wildman–Crippen MR) is 116 cm³/mol. The number of carbonyl (C=O) groups is 2. The number of nitro benzene ring substituents is 1. The van der Waals surface area contributed by atoms with Gasteiger partial charge in [0.05, 0.1) is 12.0 Å². The summed E-state index contributed by atoms with van der Waals surface area (Å²) in [4.78, 5) is 35.7. The number of carbonyl (C=O) groups excluding carboxylic acids is 2. The van der Waals surface area contributed by atoms with E-state index in [1.807, 2.05) is 24.3 Å². The highest BCUT2D eigenvalue weighted by Gasteiger charge is 2.23. The maximum atomic E-state index is 12.7. The molecule has 0 aliphatic rings. The lowest BCUT2D eigenvalue weighted by Crippen LogP contribution is -2.14. The van der Waals surface area contributed by atoms with Crippen LogP contribution >= 0.6 is 11.3 Å². The van der Waals surface area contributed by atoms with Crippen LogP contribution in [0.1, 0.15) is 38.8 Å². The van der Waals surface area contributed by atoms with Gasteiger partial charge in [0.15, 0.2) is 0 Å². The average molecular weight is 424 g/mol. The van der Waals surface area contributed by atoms with Crippen LogP contribution in [0.15, 0.2) is 47.8 Å². The highest BCUT2D eigenvalue weighted by Crippen LogP contribution is 2.36. The summed E-state index contributed by atoms with van der Waals surface area (Å²) >= 11 is 1.22. The van der Waals surface area contributed by atoms with Gasteiger partial charge < -0.3 is 10.1 Å². The molecule has 3 rings (SSSR count). The largest absolute Gasteiger partial charge is 0.465 e. The lowest BCUT2D eigenvalue weighted by Gasteiger charge is -2.09. The van der Waals surface area contributed by atoms with E-state index >= 15 is 0 Å². The molecule has 3 aromatic rings. The Balaban J connectivity index is 1.95. The van der Waals surface area contributed by atoms with Crippen LogP contribution in [-0.4, -0.2) is 23.9 Å². The van der Waals surface area contributed by atoms with Crippen molar-refractivity contribution in [2.24, 2.45) is 0 Å². The smallest absolute Gasteiger partial charge is 0.341 e. The molecule has 1 aromatic heterocycles. The summed E-state index contributed by atoms with van der Waals surface area (Å²) in [6.45, 7) is 3.63. The van der Waals surface area contributed by atoms with Gasteiger partial charge in [0.1, 0.15) is 10.6 Å². The van der Waals surface area contributed by atoms with Crippen LogP contribution in [0.5, 0.6) is 0 Å². The number of nitrogens with one attached hydrogen (secondary N) is 1. The van der Waals surface area contributed by atoms with E-state index in [1.54, 1.807) is 12.3 Å². The van der Waals surface area contributed by atoms with E-state index in [9.17, 15) is 19.7 Å². The van der Waals surface area contributed by atoms with E-state index in [1.165, 1.54) is 42.2 Å². The van der Waals surface area contributed by atoms with Gasteiger partial charge in [-0.1, -0.05) is 31.2 Å². The van der Waals surface area contributed by atoms with Gasteiger partial charge in [0, 0.05) is 28.1 Å². The van der Waals surface area contributed by atoms with E-state index in [4.69, 9.17) is 4.74 Å². The molecule has 0 unspecified atom stereocenters. The minimum absolute atomic E-state index is 0.0595. The number of hydrogen-bond acceptors (Lipinski definition) is 6. The maximum Gasteiger partial charge on any atom is 0.341 e. The second kappa shape index (κ2) is 8.87. The monoisotopic (exact) mass is 424 g/mol. The van der Waals surface area contributed by atoms with Crippen molar-refractivity contribution >= 4 is 33.9 Å². The molecule has 7 nitrogen and oxygen atoms in total. The Kier molecular flexibility index (Phi) is 6.27. The summed E-state index contributed by atoms with van der Waals surface area (Å²) in [5, 5.41) is 15.9. The quantitative estimate of drug-likeness (QED) is 0.332. The first-order valence-corrected chi connectivity index (χ1v) is 10.1. The van der Waals surface area contributed by atoms with Gasteiger partial charge in [-0.25, -0.2) is 4.79 Å². The van der Waals surface area contributed by atoms with E-state index < -0.39 is 16.8 Å². The number of hydrogen-bond donors (Lipinski definition) is 1. The molecule has 0 aliphatic carbocycles. The summed E-state index contributed by atoms with van der Waals surface area (Å²) in [6, 6.07) is 12.0. The third-order valence-corrected chi connectivity index (χ3v) is 5.63. The van der Waals surface area contributed by atoms with E-state index in [0.717, 1.165) is 12.0 Å². The zero-order valence-corrected chi connectivity index (χ0v) is 17.5. The van der Waals surface area contributed by atoms with Crippen molar-refractivity contribution in [1.29, 1.82) is 0 Å². The highest BCUT2D eigenvalue weighted by atomic mass is 32.1. The normalized spacial score (nSPS) is 10.5. The first-order valence-electron chi connectivity index (χ1n) is 9.21. The minimum atomic E-state index is -0.555. The fourth-order valence-electron chi connectivity index (χ4n) is 3.06. The molecule has 0 saturated heterocycles. The van der Waals surface area contributed by atoms with Crippen LogP contribution in [-0.2, 0) is 11.2 Å². The number of esters is 1. The molecule has 30 heavy (non-hydrogen) atoms. The van der Waals surface area contributed by atoms with Crippen molar-refractivity contribution in [3.8, 4) is 11.1 Å². The Hall–Kier alpha value is -3.52. The number of methoxy groups -OCH3 is 1. The average Bonchev–Trinajstić information content (AvgIpc) is 3.16. The van der Waals surface area contributed by atoms with Gasteiger partial charge in [-0.15, -0.1) is 11.3 Å². The maximum absolute atomic E-state index is 12.7. The molecule has 1 amide bonds. The van der Waals surface area contributed by atoms with Crippen LogP contribution < -0.4 is 5.32 Å². The standard InChI is InChI=1S/C22H20N2O5S/c1-4-14-5-7-15(8-6-14)17-12-30-21(19(17)22(26)29-3)23-20(25)16-9-10-18(24(27)28)13(2)11-16/h5-12H,4H2,1-3H3,(H,23,25). The van der Waals surface area contributed by atoms with Crippen molar-refractivity contribution in [3.05, 3.63) is 80.2 Å². The lowest BCUT2D eigenvalue weighted by molar-refractivity contribution is -0.385. The van der Waals surface area contributed by atoms with Crippen LogP contribution in [0.2, 0.25) is 0 Å². The summed E-state index contributed by atoms with van der Waals surface area (Å²) in [7, 11) is 1.29. The number of rotatable bonds is 6. The molecule has 2 aromatic carbocycles. The van der Waals surface area contributed by atoms with Crippen molar-refractivity contribution < 1.29 is 19.2 Å². The molecule has 0 radical (unpaired) electrons. The molecule has 0 spiro atoms. The van der Waals surface area contributed by atoms with Gasteiger partial charge in [0.25, 0.3) is 11.6 Å². The Morgan fingerprint density at radius 1 is 1.17 bits per heavy atom. The van der Waals surface area contributed by atoms with Gasteiger partial charge in [0.2, 0.25) is 0 Å². The Labute approximate surface area is 177 Å². The molecule has 8 heteroatoms. The van der Waals surface area contributed by atoms with Crippen LogP contribution in [0, 0.1) is 17.0 Å². The number of nitro groups is 1. The zero-order valence-electron chi connectivity index (χ0n) is 16.7. The summed E-state index contributed by atoms with van der Waals surface area (Å²) < 4.78 is 4.93. The van der Waals surface area contributed by atoms with Gasteiger partial charge in [-0.05, 0) is 36.6 Å². The Morgan fingerprint density at radius 3 is 2.43 bits per heavy atom. The first-order chi connectivity index (χ1) is 14.3. The number of thiophene rings is 1. The molecule has 1 N–H and O–H groups in total. The Morgan fingerprint density at radius 2 is 1.87 bits per heavy atom. The number of ether oxygens (including phenoxy) is 1. The molecule has 154 valence electrons. The van der Waals surface area contributed by atoms with Crippen LogP contribution in [0.25, 0.3) is 11.1 Å². The third-order valence-electron chi connectivity index (χ3n) is 4.74. The van der Waals surface area contributed by atoms with Crippen LogP contribution in [0.4, 0.5) is 10.7 Å². The molecule has 0 atom stereocenters. The summed E-state index contributed by atoms with van der Waals surface area (Å²) in [6.07, 6.45) is 0.906. The second-order valence-electron chi connectivity index (χ2n) is 6.61. The second-order valence-corrected chi connectivity index (χ2v) is 7.49. The molecule has 0 saturated carbocycles. The number of nitrogens with zero attached hydrogens (tertiary/aromatic N) is 1. The van der Waals surface area contributed by atoms with E-state index in [0.29, 0.717) is 16.1 Å². The third kappa shape index (κ3) is 4.23. The molecular weight excluding hydrogens is 404 g/mol. The minimum Gasteiger partial charge on any atom is -0.465 e. The zero-order chi connectivity index (χ0) is 21.8. The fourth-order valence-corrected chi connectivity index (χ4v) is 4.02.